The monoisotopic (exact) mass is 234 g/mol. The van der Waals surface area contributed by atoms with E-state index in [4.69, 9.17) is 5.73 Å². The van der Waals surface area contributed by atoms with Gasteiger partial charge in [0.05, 0.1) is 5.69 Å². The quantitative estimate of drug-likeness (QED) is 0.833. The molecule has 0 aliphatic rings. The van der Waals surface area contributed by atoms with Crippen molar-refractivity contribution in [2.75, 3.05) is 5.73 Å². The topological polar surface area (TPSA) is 85.4 Å². The number of aromatic nitrogens is 5. The summed E-state index contributed by atoms with van der Waals surface area (Å²) in [6, 6.07) is 0.392. The zero-order valence-corrected chi connectivity index (χ0v) is 10.4. The van der Waals surface area contributed by atoms with Gasteiger partial charge in [0.1, 0.15) is 5.82 Å². The van der Waals surface area contributed by atoms with Crippen molar-refractivity contribution in [3.8, 4) is 0 Å². The number of nitrogen functional groups attached to an aromatic ring is 1. The highest BCUT2D eigenvalue weighted by Gasteiger charge is 2.08. The Balaban J connectivity index is 2.03. The molecule has 0 unspecified atom stereocenters. The lowest BCUT2D eigenvalue weighted by Crippen LogP contribution is -2.00. The Hall–Kier alpha value is -1.85. The van der Waals surface area contributed by atoms with Crippen LogP contribution in [0.15, 0.2) is 6.20 Å². The van der Waals surface area contributed by atoms with E-state index in [0.29, 0.717) is 12.0 Å². The summed E-state index contributed by atoms with van der Waals surface area (Å²) in [7, 11) is 0. The second-order valence-corrected chi connectivity index (χ2v) is 4.45. The fourth-order valence-electron chi connectivity index (χ4n) is 1.70. The van der Waals surface area contributed by atoms with E-state index in [1.807, 2.05) is 11.6 Å². The van der Waals surface area contributed by atoms with E-state index in [2.05, 4.69) is 40.3 Å². The van der Waals surface area contributed by atoms with E-state index in [1.54, 1.807) is 0 Å². The van der Waals surface area contributed by atoms with Crippen molar-refractivity contribution in [2.24, 2.45) is 0 Å². The number of H-pyrrole nitrogens is 1. The van der Waals surface area contributed by atoms with E-state index in [9.17, 15) is 0 Å². The van der Waals surface area contributed by atoms with Gasteiger partial charge in [0, 0.05) is 18.7 Å². The number of nitrogens with two attached hydrogens (primary N) is 1. The standard InChI is InChI=1S/C11H18N6/c1-7(2)17-6-9(8(3)16-17)4-5-10-13-11(12)15-14-10/h6-7H,4-5H2,1-3H3,(H3,12,13,14,15). The molecule has 92 valence electrons. The molecule has 2 aromatic rings. The van der Waals surface area contributed by atoms with Gasteiger partial charge in [0.25, 0.3) is 0 Å². The smallest absolute Gasteiger partial charge is 0.239 e. The van der Waals surface area contributed by atoms with E-state index in [0.717, 1.165) is 24.4 Å². The van der Waals surface area contributed by atoms with Crippen LogP contribution in [0.25, 0.3) is 0 Å². The van der Waals surface area contributed by atoms with Gasteiger partial charge >= 0.3 is 0 Å². The van der Waals surface area contributed by atoms with Crippen molar-refractivity contribution in [3.05, 3.63) is 23.3 Å². The summed E-state index contributed by atoms with van der Waals surface area (Å²) < 4.78 is 1.99. The molecule has 0 atom stereocenters. The number of hydrogen-bond donors (Lipinski definition) is 2. The summed E-state index contributed by atoms with van der Waals surface area (Å²) in [6.45, 7) is 6.27. The van der Waals surface area contributed by atoms with Crippen molar-refractivity contribution in [1.29, 1.82) is 0 Å². The van der Waals surface area contributed by atoms with Crippen LogP contribution < -0.4 is 5.73 Å². The van der Waals surface area contributed by atoms with E-state index in [1.165, 1.54) is 5.56 Å². The van der Waals surface area contributed by atoms with Gasteiger partial charge in [-0.05, 0) is 32.8 Å². The minimum Gasteiger partial charge on any atom is -0.367 e. The molecule has 0 saturated carbocycles. The second-order valence-electron chi connectivity index (χ2n) is 4.45. The fourth-order valence-corrected chi connectivity index (χ4v) is 1.70. The number of anilines is 1. The highest BCUT2D eigenvalue weighted by molar-refractivity contribution is 5.18. The zero-order chi connectivity index (χ0) is 12.4. The van der Waals surface area contributed by atoms with Crippen molar-refractivity contribution in [2.45, 2.75) is 39.7 Å². The number of nitrogens with zero attached hydrogens (tertiary/aromatic N) is 4. The van der Waals surface area contributed by atoms with Crippen LogP contribution in [0.3, 0.4) is 0 Å². The molecule has 0 spiro atoms. The SMILES string of the molecule is Cc1nn(C(C)C)cc1CCc1nc(N)n[nH]1. The van der Waals surface area contributed by atoms with Crippen molar-refractivity contribution < 1.29 is 0 Å². The molecule has 0 radical (unpaired) electrons. The van der Waals surface area contributed by atoms with E-state index in [-0.39, 0.29) is 0 Å². The summed E-state index contributed by atoms with van der Waals surface area (Å²) in [5, 5.41) is 11.1. The number of aromatic amines is 1. The van der Waals surface area contributed by atoms with Crippen molar-refractivity contribution in [1.82, 2.24) is 25.0 Å². The first-order chi connectivity index (χ1) is 8.06. The average Bonchev–Trinajstić information content (AvgIpc) is 2.82. The molecular weight excluding hydrogens is 216 g/mol. The lowest BCUT2D eigenvalue weighted by atomic mass is 10.1. The normalized spacial score (nSPS) is 11.3. The second kappa shape index (κ2) is 4.57. The van der Waals surface area contributed by atoms with Gasteiger partial charge in [-0.3, -0.25) is 9.78 Å². The molecule has 0 saturated heterocycles. The molecule has 17 heavy (non-hydrogen) atoms. The zero-order valence-electron chi connectivity index (χ0n) is 10.4. The Bertz CT molecular complexity index is 496. The molecule has 3 N–H and O–H groups in total. The summed E-state index contributed by atoms with van der Waals surface area (Å²) in [4.78, 5) is 4.08. The van der Waals surface area contributed by atoms with Gasteiger partial charge in [0.2, 0.25) is 5.95 Å². The minimum absolute atomic E-state index is 0.301. The van der Waals surface area contributed by atoms with Gasteiger partial charge < -0.3 is 5.73 Å². The Labute approximate surface area is 100 Å². The van der Waals surface area contributed by atoms with E-state index < -0.39 is 0 Å². The molecule has 0 aliphatic heterocycles. The van der Waals surface area contributed by atoms with Gasteiger partial charge in [-0.15, -0.1) is 5.10 Å². The summed E-state index contributed by atoms with van der Waals surface area (Å²) in [5.41, 5.74) is 7.77. The molecule has 0 fully saturated rings. The van der Waals surface area contributed by atoms with Crippen LogP contribution in [0.5, 0.6) is 0 Å². The van der Waals surface area contributed by atoms with Crippen LogP contribution in [-0.4, -0.2) is 25.0 Å². The van der Waals surface area contributed by atoms with Crippen molar-refractivity contribution >= 4 is 5.95 Å². The number of nitrogens with one attached hydrogen (secondary N) is 1. The van der Waals surface area contributed by atoms with E-state index >= 15 is 0 Å². The highest BCUT2D eigenvalue weighted by Crippen LogP contribution is 2.12. The van der Waals surface area contributed by atoms with Gasteiger partial charge in [0.15, 0.2) is 0 Å². The number of aryl methyl sites for hydroxylation is 3. The first-order valence-electron chi connectivity index (χ1n) is 5.77. The molecule has 2 rings (SSSR count). The Morgan fingerprint density at radius 3 is 2.71 bits per heavy atom. The number of rotatable bonds is 4. The molecule has 2 heterocycles. The molecule has 2 aromatic heterocycles. The molecule has 0 bridgehead atoms. The highest BCUT2D eigenvalue weighted by atomic mass is 15.3. The van der Waals surface area contributed by atoms with Crippen LogP contribution in [0.1, 0.15) is 37.0 Å². The van der Waals surface area contributed by atoms with Gasteiger partial charge in [-0.25, -0.2) is 0 Å². The summed E-state index contributed by atoms with van der Waals surface area (Å²) in [5.74, 6) is 1.12. The first kappa shape index (κ1) is 11.6. The number of hydrogen-bond acceptors (Lipinski definition) is 4. The molecule has 0 amide bonds. The Morgan fingerprint density at radius 1 is 1.41 bits per heavy atom. The predicted octanol–water partition coefficient (Wildman–Crippen LogP) is 1.26. The summed E-state index contributed by atoms with van der Waals surface area (Å²) >= 11 is 0. The lowest BCUT2D eigenvalue weighted by Gasteiger charge is -2.02. The van der Waals surface area contributed by atoms with Crippen LogP contribution in [-0.2, 0) is 12.8 Å². The van der Waals surface area contributed by atoms with Crippen LogP contribution >= 0.6 is 0 Å². The van der Waals surface area contributed by atoms with Crippen LogP contribution in [0.2, 0.25) is 0 Å². The van der Waals surface area contributed by atoms with Gasteiger partial charge in [-0.1, -0.05) is 0 Å². The average molecular weight is 234 g/mol. The van der Waals surface area contributed by atoms with Gasteiger partial charge in [-0.2, -0.15) is 10.1 Å². The molecule has 0 aliphatic carbocycles. The van der Waals surface area contributed by atoms with Crippen LogP contribution in [0, 0.1) is 6.92 Å². The van der Waals surface area contributed by atoms with Crippen molar-refractivity contribution in [3.63, 3.8) is 0 Å². The molecule has 6 nitrogen and oxygen atoms in total. The predicted molar refractivity (Wildman–Crippen MR) is 65.6 cm³/mol. The molecular formula is C11H18N6. The maximum absolute atomic E-state index is 5.45. The summed E-state index contributed by atoms with van der Waals surface area (Å²) in [6.07, 6.45) is 3.79. The maximum atomic E-state index is 5.45. The first-order valence-corrected chi connectivity index (χ1v) is 5.77. The fraction of sp³-hybridized carbons (Fsp3) is 0.545. The third-order valence-corrected chi connectivity index (χ3v) is 2.73. The third kappa shape index (κ3) is 2.64. The lowest BCUT2D eigenvalue weighted by molar-refractivity contribution is 0.529. The maximum Gasteiger partial charge on any atom is 0.239 e. The Kier molecular flexibility index (Phi) is 3.12. The third-order valence-electron chi connectivity index (χ3n) is 2.73. The molecule has 0 aromatic carbocycles. The Morgan fingerprint density at radius 2 is 2.18 bits per heavy atom. The van der Waals surface area contributed by atoms with Crippen LogP contribution in [0.4, 0.5) is 5.95 Å². The largest absolute Gasteiger partial charge is 0.367 e. The minimum atomic E-state index is 0.301. The molecule has 6 heteroatoms.